The minimum absolute atomic E-state index is 0.0617. The van der Waals surface area contributed by atoms with Gasteiger partial charge in [-0.1, -0.05) is 30.3 Å². The Bertz CT molecular complexity index is 1640. The molecule has 12 heteroatoms. The van der Waals surface area contributed by atoms with E-state index in [0.717, 1.165) is 16.8 Å². The van der Waals surface area contributed by atoms with E-state index in [4.69, 9.17) is 10.5 Å². The van der Waals surface area contributed by atoms with Gasteiger partial charge in [0.15, 0.2) is 5.75 Å². The molecule has 0 fully saturated rings. The summed E-state index contributed by atoms with van der Waals surface area (Å²) >= 11 is 1.38. The smallest absolute Gasteiger partial charge is 0.420 e. The number of nitrogens with one attached hydrogen (secondary N) is 2. The monoisotopic (exact) mass is 524 g/mol. The van der Waals surface area contributed by atoms with Gasteiger partial charge < -0.3 is 21.1 Å². The molecule has 0 aliphatic carbocycles. The van der Waals surface area contributed by atoms with Gasteiger partial charge in [-0.3, -0.25) is 4.79 Å². The van der Waals surface area contributed by atoms with Crippen molar-refractivity contribution in [2.75, 3.05) is 23.5 Å². The molecule has 0 aliphatic heterocycles. The molecule has 188 valence electrons. The van der Waals surface area contributed by atoms with Crippen LogP contribution in [0.1, 0.15) is 21.9 Å². The summed E-state index contributed by atoms with van der Waals surface area (Å²) < 4.78 is 46.0. The molecule has 3 heterocycles. The number of amides is 1. The molecule has 3 aromatic heterocycles. The lowest BCUT2D eigenvalue weighted by molar-refractivity contribution is -0.138. The van der Waals surface area contributed by atoms with Crippen molar-refractivity contribution in [3.63, 3.8) is 0 Å². The number of thiophene rings is 1. The van der Waals surface area contributed by atoms with Gasteiger partial charge in [0.1, 0.15) is 11.6 Å². The maximum Gasteiger partial charge on any atom is 0.420 e. The number of carbonyl (C=O) groups excluding carboxylic acids is 1. The number of methoxy groups -OCH3 is 1. The van der Waals surface area contributed by atoms with Crippen molar-refractivity contribution in [3.05, 3.63) is 77.1 Å². The first-order valence-corrected chi connectivity index (χ1v) is 11.8. The highest BCUT2D eigenvalue weighted by Crippen LogP contribution is 2.40. The summed E-state index contributed by atoms with van der Waals surface area (Å²) in [6, 6.07) is 14.5. The number of benzene rings is 2. The molecule has 2 aromatic carbocycles. The van der Waals surface area contributed by atoms with Gasteiger partial charge >= 0.3 is 6.18 Å². The Morgan fingerprint density at radius 3 is 2.68 bits per heavy atom. The number of alkyl halides is 3. The molecular formula is C25H19F3N6O2S. The molecule has 5 aromatic rings. The van der Waals surface area contributed by atoms with Crippen LogP contribution in [-0.4, -0.2) is 28.0 Å². The zero-order valence-corrected chi connectivity index (χ0v) is 20.1. The van der Waals surface area contributed by atoms with Crippen molar-refractivity contribution in [2.45, 2.75) is 12.7 Å². The number of nitrogen functional groups attached to an aromatic ring is 1. The summed E-state index contributed by atoms with van der Waals surface area (Å²) in [6.45, 7) is 0.0617. The fourth-order valence-corrected chi connectivity index (χ4v) is 4.66. The van der Waals surface area contributed by atoms with Crippen LogP contribution in [0.3, 0.4) is 0 Å². The lowest BCUT2D eigenvalue weighted by Gasteiger charge is -2.17. The van der Waals surface area contributed by atoms with Crippen LogP contribution in [0.25, 0.3) is 21.0 Å². The second-order valence-corrected chi connectivity index (χ2v) is 8.85. The van der Waals surface area contributed by atoms with E-state index < -0.39 is 17.6 Å². The van der Waals surface area contributed by atoms with Crippen LogP contribution in [-0.2, 0) is 12.7 Å². The third-order valence-electron chi connectivity index (χ3n) is 5.56. The summed E-state index contributed by atoms with van der Waals surface area (Å²) in [7, 11) is 1.18. The lowest BCUT2D eigenvalue weighted by Crippen LogP contribution is -2.18. The lowest BCUT2D eigenvalue weighted by atomic mass is 10.1. The van der Waals surface area contributed by atoms with Crippen LogP contribution in [0.5, 0.6) is 5.75 Å². The third kappa shape index (κ3) is 4.83. The first-order chi connectivity index (χ1) is 17.7. The van der Waals surface area contributed by atoms with Crippen LogP contribution < -0.4 is 21.1 Å². The highest BCUT2D eigenvalue weighted by Gasteiger charge is 2.35. The van der Waals surface area contributed by atoms with E-state index in [2.05, 4.69) is 25.6 Å². The summed E-state index contributed by atoms with van der Waals surface area (Å²) in [5.41, 5.74) is 6.30. The number of ether oxygens (including phenoxy) is 1. The third-order valence-corrected chi connectivity index (χ3v) is 6.49. The summed E-state index contributed by atoms with van der Waals surface area (Å²) in [5.74, 6) is -0.587. The standard InChI is InChI=1S/C25H19F3N6O2S/c1-36-20-15(25(26,27)28)7-4-8-16(20)30-12-18-14-6-3-2-5-13(14)11-19(31-18)33-24(35)23-32-17-9-10-37-21(17)22(29)34-23/h2-11,30H,12H2,1H3,(H2,29,32,34)(H,31,33,35). The number of anilines is 3. The topological polar surface area (TPSA) is 115 Å². The van der Waals surface area contributed by atoms with Crippen molar-refractivity contribution >= 4 is 55.6 Å². The zero-order valence-electron chi connectivity index (χ0n) is 19.3. The van der Waals surface area contributed by atoms with Crippen molar-refractivity contribution in [3.8, 4) is 5.75 Å². The molecule has 0 radical (unpaired) electrons. The van der Waals surface area contributed by atoms with Crippen molar-refractivity contribution in [1.82, 2.24) is 15.0 Å². The Labute approximate surface area is 212 Å². The number of nitrogens with two attached hydrogens (primary N) is 1. The number of para-hydroxylation sites is 1. The van der Waals surface area contributed by atoms with Gasteiger partial charge in [-0.05, 0) is 35.0 Å². The molecule has 0 aliphatic rings. The van der Waals surface area contributed by atoms with E-state index in [1.165, 1.54) is 30.6 Å². The van der Waals surface area contributed by atoms with Crippen LogP contribution in [0.4, 0.5) is 30.5 Å². The maximum atomic E-state index is 13.4. The van der Waals surface area contributed by atoms with Gasteiger partial charge in [-0.2, -0.15) is 13.2 Å². The molecule has 37 heavy (non-hydrogen) atoms. The highest BCUT2D eigenvalue weighted by atomic mass is 32.1. The number of pyridine rings is 1. The van der Waals surface area contributed by atoms with Crippen molar-refractivity contribution in [2.24, 2.45) is 0 Å². The van der Waals surface area contributed by atoms with Gasteiger partial charge in [0, 0.05) is 5.39 Å². The molecule has 0 atom stereocenters. The predicted molar refractivity (Wildman–Crippen MR) is 137 cm³/mol. The normalized spacial score (nSPS) is 11.6. The van der Waals surface area contributed by atoms with E-state index in [0.29, 0.717) is 15.9 Å². The summed E-state index contributed by atoms with van der Waals surface area (Å²) in [6.07, 6.45) is -4.57. The van der Waals surface area contributed by atoms with Crippen LogP contribution in [0, 0.1) is 0 Å². The Morgan fingerprint density at radius 2 is 1.89 bits per heavy atom. The van der Waals surface area contributed by atoms with E-state index in [1.54, 1.807) is 17.5 Å². The largest absolute Gasteiger partial charge is 0.494 e. The molecule has 4 N–H and O–H groups in total. The molecule has 0 bridgehead atoms. The summed E-state index contributed by atoms with van der Waals surface area (Å²) in [4.78, 5) is 25.8. The molecule has 0 unspecified atom stereocenters. The number of carbonyl (C=O) groups is 1. The second-order valence-electron chi connectivity index (χ2n) is 7.93. The number of aromatic nitrogens is 3. The number of hydrogen-bond donors (Lipinski definition) is 3. The first-order valence-electron chi connectivity index (χ1n) is 10.9. The Balaban J connectivity index is 1.45. The van der Waals surface area contributed by atoms with E-state index >= 15 is 0 Å². The quantitative estimate of drug-likeness (QED) is 0.260. The van der Waals surface area contributed by atoms with E-state index in [9.17, 15) is 18.0 Å². The van der Waals surface area contributed by atoms with Gasteiger partial charge in [-0.15, -0.1) is 11.3 Å². The average molecular weight is 525 g/mol. The number of fused-ring (bicyclic) bond motifs is 2. The highest BCUT2D eigenvalue weighted by molar-refractivity contribution is 7.17. The molecule has 0 saturated heterocycles. The van der Waals surface area contributed by atoms with Crippen LogP contribution in [0.15, 0.2) is 60.0 Å². The number of hydrogen-bond acceptors (Lipinski definition) is 8. The van der Waals surface area contributed by atoms with Gasteiger partial charge in [0.2, 0.25) is 5.82 Å². The Hall–Kier alpha value is -4.45. The zero-order chi connectivity index (χ0) is 26.2. The van der Waals surface area contributed by atoms with Crippen molar-refractivity contribution < 1.29 is 22.7 Å². The Morgan fingerprint density at radius 1 is 1.08 bits per heavy atom. The SMILES string of the molecule is COc1c(NCc2nc(NC(=O)c3nc(N)c4sccc4n3)cc3ccccc23)cccc1C(F)(F)F. The number of nitrogens with zero attached hydrogens (tertiary/aromatic N) is 3. The van der Waals surface area contributed by atoms with E-state index in [-0.39, 0.29) is 35.4 Å². The average Bonchev–Trinajstić information content (AvgIpc) is 3.36. The van der Waals surface area contributed by atoms with Crippen LogP contribution in [0.2, 0.25) is 0 Å². The van der Waals surface area contributed by atoms with Gasteiger partial charge in [0.05, 0.1) is 40.8 Å². The molecule has 5 rings (SSSR count). The van der Waals surface area contributed by atoms with Gasteiger partial charge in [0.25, 0.3) is 5.91 Å². The first kappa shape index (κ1) is 24.3. The number of rotatable bonds is 6. The number of halogens is 3. The van der Waals surface area contributed by atoms with Crippen molar-refractivity contribution in [1.29, 1.82) is 0 Å². The maximum absolute atomic E-state index is 13.4. The minimum Gasteiger partial charge on any atom is -0.494 e. The van der Waals surface area contributed by atoms with Crippen LogP contribution >= 0.6 is 11.3 Å². The predicted octanol–water partition coefficient (Wildman–Crippen LogP) is 5.71. The summed E-state index contributed by atoms with van der Waals surface area (Å²) in [5, 5.41) is 9.02. The van der Waals surface area contributed by atoms with Gasteiger partial charge in [-0.25, -0.2) is 15.0 Å². The molecule has 0 saturated carbocycles. The van der Waals surface area contributed by atoms with E-state index in [1.807, 2.05) is 24.3 Å². The molecule has 0 spiro atoms. The molecule has 1 amide bonds. The fourth-order valence-electron chi connectivity index (χ4n) is 3.93. The molecular weight excluding hydrogens is 505 g/mol. The fraction of sp³-hybridized carbons (Fsp3) is 0.120. The Kier molecular flexibility index (Phi) is 6.25. The minimum atomic E-state index is -4.57. The molecule has 8 nitrogen and oxygen atoms in total. The second kappa shape index (κ2) is 9.54.